The zero-order chi connectivity index (χ0) is 32.5. The van der Waals surface area contributed by atoms with E-state index in [1.54, 1.807) is 0 Å². The fraction of sp³-hybridized carbons (Fsp3) is 0.486. The van der Waals surface area contributed by atoms with Crippen molar-refractivity contribution in [1.29, 1.82) is 0 Å². The predicted octanol–water partition coefficient (Wildman–Crippen LogP) is 2.93. The van der Waals surface area contributed by atoms with Crippen LogP contribution < -0.4 is 15.4 Å². The van der Waals surface area contributed by atoms with E-state index in [-0.39, 0.29) is 18.4 Å². The first-order valence-corrected chi connectivity index (χ1v) is 16.0. The molecule has 2 aliphatic rings. The van der Waals surface area contributed by atoms with Gasteiger partial charge >= 0.3 is 0 Å². The Labute approximate surface area is 271 Å². The number of carbonyl (C=O) groups excluding carboxylic acids is 2. The van der Waals surface area contributed by atoms with E-state index in [1.807, 2.05) is 12.1 Å². The highest BCUT2D eigenvalue weighted by molar-refractivity contribution is 5.95. The topological polar surface area (TPSA) is 107 Å². The van der Waals surface area contributed by atoms with Crippen LogP contribution in [0.3, 0.4) is 0 Å². The quantitative estimate of drug-likeness (QED) is 0.173. The normalized spacial score (nSPS) is 17.7. The molecule has 2 amide bonds. The monoisotopic (exact) mass is 633 g/mol. The summed E-state index contributed by atoms with van der Waals surface area (Å²) in [7, 11) is 6.40. The van der Waals surface area contributed by atoms with Gasteiger partial charge < -0.3 is 39.0 Å². The van der Waals surface area contributed by atoms with Gasteiger partial charge in [-0.3, -0.25) is 14.5 Å². The van der Waals surface area contributed by atoms with Gasteiger partial charge in [-0.1, -0.05) is 30.8 Å². The summed E-state index contributed by atoms with van der Waals surface area (Å²) < 4.78 is 24.5. The van der Waals surface area contributed by atoms with E-state index in [2.05, 4.69) is 83.2 Å². The second-order valence-electron chi connectivity index (χ2n) is 12.1. The van der Waals surface area contributed by atoms with Gasteiger partial charge in [-0.05, 0) is 43.4 Å². The Kier molecular flexibility index (Phi) is 11.8. The van der Waals surface area contributed by atoms with Gasteiger partial charge in [-0.15, -0.1) is 0 Å². The zero-order valence-corrected chi connectivity index (χ0v) is 27.3. The van der Waals surface area contributed by atoms with Crippen molar-refractivity contribution in [1.82, 2.24) is 19.7 Å². The molecule has 11 heteroatoms. The number of para-hydroxylation sites is 1. The highest BCUT2D eigenvalue weighted by Crippen LogP contribution is 2.38. The molecule has 2 aromatic carbocycles. The van der Waals surface area contributed by atoms with Crippen LogP contribution in [-0.2, 0) is 43.8 Å². The summed E-state index contributed by atoms with van der Waals surface area (Å²) in [5, 5.41) is 6.81. The van der Waals surface area contributed by atoms with Gasteiger partial charge in [0.25, 0.3) is 0 Å². The molecule has 3 aromatic rings. The number of hydrogen-bond acceptors (Lipinski definition) is 8. The molecule has 2 N–H and O–H groups in total. The molecule has 1 fully saturated rings. The number of fused-ring (bicyclic) bond motifs is 2. The predicted molar refractivity (Wildman–Crippen MR) is 178 cm³/mol. The minimum absolute atomic E-state index is 0.0582. The Hall–Kier alpha value is -3.74. The van der Waals surface area contributed by atoms with E-state index in [0.717, 1.165) is 49.6 Å². The van der Waals surface area contributed by atoms with E-state index in [0.29, 0.717) is 51.5 Å². The van der Waals surface area contributed by atoms with Gasteiger partial charge in [0, 0.05) is 74.4 Å². The molecule has 1 aromatic heterocycles. The summed E-state index contributed by atoms with van der Waals surface area (Å²) in [6.45, 7) is 9.23. The van der Waals surface area contributed by atoms with Gasteiger partial charge in [-0.25, -0.2) is 0 Å². The number of amides is 2. The number of nitrogens with zero attached hydrogens (tertiary/aromatic N) is 3. The largest absolute Gasteiger partial charge is 0.493 e. The lowest BCUT2D eigenvalue weighted by molar-refractivity contribution is -0.121. The molecule has 0 bridgehead atoms. The molecule has 2 atom stereocenters. The molecule has 0 saturated carbocycles. The second-order valence-corrected chi connectivity index (χ2v) is 12.1. The number of likely N-dealkylation sites (N-methyl/N-ethyl adjacent to an activating group) is 1. The number of carbonyl (C=O) groups is 2. The molecule has 1 saturated heterocycles. The first-order valence-electron chi connectivity index (χ1n) is 16.0. The van der Waals surface area contributed by atoms with Crippen LogP contribution in [0.1, 0.15) is 22.6 Å². The van der Waals surface area contributed by atoms with Crippen molar-refractivity contribution in [3.8, 4) is 5.75 Å². The van der Waals surface area contributed by atoms with E-state index < -0.39 is 0 Å². The summed E-state index contributed by atoms with van der Waals surface area (Å²) in [4.78, 5) is 28.5. The number of nitrogens with one attached hydrogen (secondary N) is 2. The molecule has 0 radical (unpaired) electrons. The Bertz CT molecular complexity index is 1500. The molecule has 0 aliphatic carbocycles. The number of hydrogen-bond donors (Lipinski definition) is 2. The average molecular weight is 634 g/mol. The number of likely N-dealkylation sites (tertiary alicyclic amines) is 1. The van der Waals surface area contributed by atoms with Crippen LogP contribution in [0.2, 0.25) is 0 Å². The maximum Gasteiger partial charge on any atom is 0.250 e. The van der Waals surface area contributed by atoms with Crippen LogP contribution in [-0.4, -0.2) is 112 Å². The van der Waals surface area contributed by atoms with Crippen molar-refractivity contribution in [2.45, 2.75) is 24.9 Å². The van der Waals surface area contributed by atoms with E-state index in [9.17, 15) is 9.59 Å². The number of rotatable bonds is 17. The van der Waals surface area contributed by atoms with Crippen molar-refractivity contribution in [3.63, 3.8) is 0 Å². The third-order valence-corrected chi connectivity index (χ3v) is 8.63. The molecule has 46 heavy (non-hydrogen) atoms. The number of aromatic nitrogens is 1. The van der Waals surface area contributed by atoms with Gasteiger partial charge in [0.15, 0.2) is 0 Å². The third kappa shape index (κ3) is 8.54. The summed E-state index contributed by atoms with van der Waals surface area (Å²) >= 11 is 0. The standard InChI is InChI=1S/C35H47N5O6/c1-5-33(41)36-12-14-43-15-16-44-17-18-45-24-34(42)37-27-9-10-28-29(21-39(4)31(28)19-27)30-22-40(23-32(30)38(2)3)20-26-8-6-7-25-11-13-46-35(25)26/h5-10,19,21,30,32H,1,11-18,20,22-24H2,2-4H3,(H,36,41)(H,37,42)/t30-,32+/m1/s1. The Morgan fingerprint density at radius 1 is 1.07 bits per heavy atom. The van der Waals surface area contributed by atoms with Crippen molar-refractivity contribution >= 4 is 28.4 Å². The van der Waals surface area contributed by atoms with Crippen LogP contribution in [0.25, 0.3) is 10.9 Å². The Balaban J connectivity index is 1.09. The molecule has 0 unspecified atom stereocenters. The van der Waals surface area contributed by atoms with Crippen molar-refractivity contribution in [3.05, 3.63) is 71.9 Å². The molecule has 5 rings (SSSR count). The SMILES string of the molecule is C=CC(=O)NCCOCCOCCOCC(=O)Nc1ccc2c([C@H]3CN(Cc4cccc5c4OCC5)C[C@@H]3N(C)C)cn(C)c2c1. The van der Waals surface area contributed by atoms with E-state index in [1.165, 1.54) is 28.2 Å². The lowest BCUT2D eigenvalue weighted by atomic mass is 9.93. The number of anilines is 1. The summed E-state index contributed by atoms with van der Waals surface area (Å²) in [6.07, 6.45) is 4.46. The number of aryl methyl sites for hydroxylation is 1. The first-order chi connectivity index (χ1) is 22.3. The average Bonchev–Trinajstić information content (AvgIpc) is 3.77. The van der Waals surface area contributed by atoms with Gasteiger partial charge in [0.1, 0.15) is 12.4 Å². The molecule has 248 valence electrons. The molecular weight excluding hydrogens is 586 g/mol. The third-order valence-electron chi connectivity index (χ3n) is 8.63. The fourth-order valence-electron chi connectivity index (χ4n) is 6.38. The lowest BCUT2D eigenvalue weighted by Crippen LogP contribution is -2.34. The maximum absolute atomic E-state index is 12.6. The Morgan fingerprint density at radius 2 is 1.85 bits per heavy atom. The number of benzene rings is 2. The Morgan fingerprint density at radius 3 is 2.63 bits per heavy atom. The minimum atomic E-state index is -0.224. The zero-order valence-electron chi connectivity index (χ0n) is 27.3. The second kappa shape index (κ2) is 16.2. The summed E-state index contributed by atoms with van der Waals surface area (Å²) in [6, 6.07) is 13.0. The molecule has 11 nitrogen and oxygen atoms in total. The van der Waals surface area contributed by atoms with Crippen LogP contribution >= 0.6 is 0 Å². The number of ether oxygens (including phenoxy) is 4. The summed E-state index contributed by atoms with van der Waals surface area (Å²) in [5.41, 5.74) is 5.74. The van der Waals surface area contributed by atoms with Crippen molar-refractivity contribution < 1.29 is 28.5 Å². The van der Waals surface area contributed by atoms with Crippen LogP contribution in [0.5, 0.6) is 5.75 Å². The van der Waals surface area contributed by atoms with Crippen molar-refractivity contribution in [2.24, 2.45) is 7.05 Å². The van der Waals surface area contributed by atoms with Crippen LogP contribution in [0.15, 0.2) is 55.3 Å². The molecular formula is C35H47N5O6. The first kappa shape index (κ1) is 33.6. The van der Waals surface area contributed by atoms with E-state index in [4.69, 9.17) is 18.9 Å². The maximum atomic E-state index is 12.6. The highest BCUT2D eigenvalue weighted by atomic mass is 16.5. The lowest BCUT2D eigenvalue weighted by Gasteiger charge is -2.25. The molecule has 3 heterocycles. The van der Waals surface area contributed by atoms with Gasteiger partial charge in [0.2, 0.25) is 11.8 Å². The smallest absolute Gasteiger partial charge is 0.250 e. The van der Waals surface area contributed by atoms with Gasteiger partial charge in [0.05, 0.1) is 45.2 Å². The summed E-state index contributed by atoms with van der Waals surface area (Å²) in [5.74, 6) is 0.994. The van der Waals surface area contributed by atoms with Crippen LogP contribution in [0.4, 0.5) is 5.69 Å². The molecule has 2 aliphatic heterocycles. The van der Waals surface area contributed by atoms with E-state index >= 15 is 0 Å². The fourth-order valence-corrected chi connectivity index (χ4v) is 6.38. The minimum Gasteiger partial charge on any atom is -0.493 e. The molecule has 0 spiro atoms. The van der Waals surface area contributed by atoms with Crippen LogP contribution in [0, 0.1) is 0 Å². The highest BCUT2D eigenvalue weighted by Gasteiger charge is 2.37. The van der Waals surface area contributed by atoms with Crippen molar-refractivity contribution in [2.75, 3.05) is 85.3 Å². The van der Waals surface area contributed by atoms with Gasteiger partial charge in [-0.2, -0.15) is 0 Å².